The Morgan fingerprint density at radius 1 is 1.24 bits per heavy atom. The third-order valence-electron chi connectivity index (χ3n) is 2.63. The maximum absolute atomic E-state index is 10.7. The molecule has 1 aromatic carbocycles. The Labute approximate surface area is 116 Å². The van der Waals surface area contributed by atoms with Crippen molar-refractivity contribution in [2.75, 3.05) is 26.3 Å². The van der Waals surface area contributed by atoms with E-state index in [0.29, 0.717) is 4.90 Å². The minimum absolute atomic E-state index is 0. The zero-order valence-electron chi connectivity index (χ0n) is 9.93. The topological polar surface area (TPSA) is 52.6 Å². The molecule has 1 atom stereocenters. The van der Waals surface area contributed by atoms with Crippen LogP contribution < -0.4 is 18.9 Å². The average molecular weight is 247 g/mol. The number of ether oxygens (including phenoxy) is 1. The van der Waals surface area contributed by atoms with Crippen LogP contribution in [0.1, 0.15) is 5.56 Å². The van der Waals surface area contributed by atoms with Crippen LogP contribution in [0.15, 0.2) is 29.2 Å². The van der Waals surface area contributed by atoms with Crippen molar-refractivity contribution >= 4 is 11.1 Å². The van der Waals surface area contributed by atoms with Crippen LogP contribution in [0.5, 0.6) is 0 Å². The largest absolute Gasteiger partial charge is 1.00 e. The van der Waals surface area contributed by atoms with Gasteiger partial charge in [0.1, 0.15) is 0 Å². The molecule has 0 aromatic heterocycles. The van der Waals surface area contributed by atoms with Crippen LogP contribution in [-0.4, -0.2) is 40.0 Å². The molecule has 2 rings (SSSR count). The number of nitrogens with zero attached hydrogens (tertiary/aromatic N) is 1. The summed E-state index contributed by atoms with van der Waals surface area (Å²) < 4.78 is 26.6. The molecule has 1 aliphatic rings. The van der Waals surface area contributed by atoms with E-state index in [9.17, 15) is 8.76 Å². The predicted molar refractivity (Wildman–Crippen MR) is 59.7 cm³/mol. The molecule has 1 unspecified atom stereocenters. The van der Waals surface area contributed by atoms with Crippen LogP contribution in [0.25, 0.3) is 0 Å². The summed E-state index contributed by atoms with van der Waals surface area (Å²) in [6.07, 6.45) is 0. The van der Waals surface area contributed by atoms with Gasteiger partial charge >= 0.3 is 18.9 Å². The first-order chi connectivity index (χ1) is 7.75. The fourth-order valence-corrected chi connectivity index (χ4v) is 2.08. The first-order valence-electron chi connectivity index (χ1n) is 5.24. The van der Waals surface area contributed by atoms with E-state index < -0.39 is 11.1 Å². The summed E-state index contributed by atoms with van der Waals surface area (Å²) in [6.45, 7) is 4.30. The first-order valence-corrected chi connectivity index (χ1v) is 6.31. The molecular weight excluding hydrogens is 233 g/mol. The SMILES string of the molecule is O=S([O-])c1ccc(CN2CCOCC2)cc1.[Li+]. The van der Waals surface area contributed by atoms with Crippen molar-refractivity contribution in [2.45, 2.75) is 11.4 Å². The van der Waals surface area contributed by atoms with Gasteiger partial charge in [0, 0.05) is 24.5 Å². The standard InChI is InChI=1S/C11H15NO3S.Li/c13-16(14)11-3-1-10(2-4-11)9-12-5-7-15-8-6-12;/h1-4H,5-9H2,(H,13,14);/q;+1/p-1. The van der Waals surface area contributed by atoms with Gasteiger partial charge < -0.3 is 9.29 Å². The van der Waals surface area contributed by atoms with Gasteiger partial charge in [-0.2, -0.15) is 0 Å². The quantitative estimate of drug-likeness (QED) is 0.448. The minimum Gasteiger partial charge on any atom is -0.768 e. The number of morpholine rings is 1. The van der Waals surface area contributed by atoms with Crippen molar-refractivity contribution in [1.29, 1.82) is 0 Å². The monoisotopic (exact) mass is 247 g/mol. The third-order valence-corrected chi connectivity index (χ3v) is 3.28. The van der Waals surface area contributed by atoms with Crippen LogP contribution in [0.4, 0.5) is 0 Å². The molecular formula is C11H14LiNO3S. The summed E-state index contributed by atoms with van der Waals surface area (Å²) in [5.41, 5.74) is 1.14. The van der Waals surface area contributed by atoms with Crippen molar-refractivity contribution in [3.63, 3.8) is 0 Å². The van der Waals surface area contributed by atoms with E-state index in [1.807, 2.05) is 12.1 Å². The summed E-state index contributed by atoms with van der Waals surface area (Å²) in [6, 6.07) is 7.00. The van der Waals surface area contributed by atoms with Gasteiger partial charge in [-0.1, -0.05) is 12.1 Å². The number of benzene rings is 1. The van der Waals surface area contributed by atoms with Gasteiger partial charge in [0.05, 0.1) is 13.2 Å². The van der Waals surface area contributed by atoms with E-state index in [4.69, 9.17) is 4.74 Å². The van der Waals surface area contributed by atoms with E-state index >= 15 is 0 Å². The van der Waals surface area contributed by atoms with Gasteiger partial charge in [-0.25, -0.2) is 0 Å². The molecule has 0 radical (unpaired) electrons. The molecule has 0 aliphatic carbocycles. The second-order valence-corrected chi connectivity index (χ2v) is 4.71. The minimum atomic E-state index is -2.13. The van der Waals surface area contributed by atoms with Crippen LogP contribution >= 0.6 is 0 Å². The summed E-state index contributed by atoms with van der Waals surface area (Å²) >= 11 is -2.13. The second kappa shape index (κ2) is 7.32. The molecule has 88 valence electrons. The molecule has 17 heavy (non-hydrogen) atoms. The molecule has 0 saturated carbocycles. The van der Waals surface area contributed by atoms with Crippen LogP contribution in [0.2, 0.25) is 0 Å². The molecule has 1 saturated heterocycles. The van der Waals surface area contributed by atoms with Gasteiger partial charge in [0.15, 0.2) is 0 Å². The average Bonchev–Trinajstić information content (AvgIpc) is 2.31. The van der Waals surface area contributed by atoms with E-state index in [1.165, 1.54) is 0 Å². The zero-order chi connectivity index (χ0) is 11.4. The maximum Gasteiger partial charge on any atom is 1.00 e. The van der Waals surface area contributed by atoms with Crippen molar-refractivity contribution in [2.24, 2.45) is 0 Å². The van der Waals surface area contributed by atoms with E-state index in [0.717, 1.165) is 38.4 Å². The number of hydrogen-bond donors (Lipinski definition) is 0. The Bertz CT molecular complexity index is 365. The van der Waals surface area contributed by atoms with Gasteiger partial charge in [0.2, 0.25) is 0 Å². The summed E-state index contributed by atoms with van der Waals surface area (Å²) in [4.78, 5) is 2.64. The molecule has 1 heterocycles. The fraction of sp³-hybridized carbons (Fsp3) is 0.455. The molecule has 0 N–H and O–H groups in total. The van der Waals surface area contributed by atoms with E-state index in [2.05, 4.69) is 4.90 Å². The Hall–Kier alpha value is -0.153. The Morgan fingerprint density at radius 3 is 2.35 bits per heavy atom. The van der Waals surface area contributed by atoms with E-state index in [1.54, 1.807) is 12.1 Å². The summed E-state index contributed by atoms with van der Waals surface area (Å²) in [5.74, 6) is 0. The Kier molecular flexibility index (Phi) is 6.42. The van der Waals surface area contributed by atoms with Gasteiger partial charge in [-0.05, 0) is 28.8 Å². The van der Waals surface area contributed by atoms with Crippen LogP contribution in [-0.2, 0) is 22.4 Å². The summed E-state index contributed by atoms with van der Waals surface area (Å²) in [7, 11) is 0. The summed E-state index contributed by atoms with van der Waals surface area (Å²) in [5, 5.41) is 0. The molecule has 1 aliphatic heterocycles. The van der Waals surface area contributed by atoms with Crippen molar-refractivity contribution in [1.82, 2.24) is 4.90 Å². The first kappa shape index (κ1) is 14.9. The molecule has 1 fully saturated rings. The van der Waals surface area contributed by atoms with Gasteiger partial charge in [-0.15, -0.1) is 0 Å². The molecule has 6 heteroatoms. The molecule has 0 spiro atoms. The van der Waals surface area contributed by atoms with Crippen molar-refractivity contribution in [3.8, 4) is 0 Å². The molecule has 1 aromatic rings. The smallest absolute Gasteiger partial charge is 0.768 e. The predicted octanol–water partition coefficient (Wildman–Crippen LogP) is -2.24. The van der Waals surface area contributed by atoms with Crippen LogP contribution in [0.3, 0.4) is 0 Å². The number of hydrogen-bond acceptors (Lipinski definition) is 4. The van der Waals surface area contributed by atoms with Gasteiger partial charge in [-0.3, -0.25) is 9.11 Å². The van der Waals surface area contributed by atoms with Gasteiger partial charge in [0.25, 0.3) is 0 Å². The maximum atomic E-state index is 10.7. The Morgan fingerprint density at radius 2 is 1.82 bits per heavy atom. The molecule has 0 amide bonds. The normalized spacial score (nSPS) is 18.4. The molecule has 0 bridgehead atoms. The zero-order valence-corrected chi connectivity index (χ0v) is 10.7. The fourth-order valence-electron chi connectivity index (χ4n) is 1.72. The van der Waals surface area contributed by atoms with Crippen molar-refractivity contribution < 1.29 is 32.4 Å². The second-order valence-electron chi connectivity index (χ2n) is 3.77. The van der Waals surface area contributed by atoms with Crippen molar-refractivity contribution in [3.05, 3.63) is 29.8 Å². The third kappa shape index (κ3) is 4.55. The van der Waals surface area contributed by atoms with Crippen LogP contribution in [0, 0.1) is 0 Å². The number of rotatable bonds is 3. The van der Waals surface area contributed by atoms with E-state index in [-0.39, 0.29) is 18.9 Å². The Balaban J connectivity index is 0.00000144. The molecule has 4 nitrogen and oxygen atoms in total.